The summed E-state index contributed by atoms with van der Waals surface area (Å²) in [7, 11) is 0. The zero-order valence-electron chi connectivity index (χ0n) is 10.2. The molecule has 0 aliphatic carbocycles. The van der Waals surface area contributed by atoms with Gasteiger partial charge in [0.25, 0.3) is 0 Å². The predicted octanol–water partition coefficient (Wildman–Crippen LogP) is 2.29. The largest absolute Gasteiger partial charge is 0.504 e. The Labute approximate surface area is 108 Å². The molecule has 0 unspecified atom stereocenters. The van der Waals surface area contributed by atoms with Crippen LogP contribution < -0.4 is 5.43 Å². The van der Waals surface area contributed by atoms with E-state index < -0.39 is 16.9 Å². The van der Waals surface area contributed by atoms with Crippen molar-refractivity contribution >= 4 is 22.5 Å². The van der Waals surface area contributed by atoms with Crippen LogP contribution in [0.4, 0.5) is 0 Å². The van der Waals surface area contributed by atoms with Gasteiger partial charge in [-0.25, -0.2) is 0 Å². The number of phenolic OH excluding ortho intramolecular Hbond substituents is 2. The van der Waals surface area contributed by atoms with Crippen molar-refractivity contribution in [3.05, 3.63) is 27.0 Å². The van der Waals surface area contributed by atoms with Crippen LogP contribution in [-0.4, -0.2) is 20.4 Å². The van der Waals surface area contributed by atoms with Crippen molar-refractivity contribution < 1.29 is 10.2 Å². The number of hydrogen-bond donors (Lipinski definition) is 3. The highest BCUT2D eigenvalue weighted by Crippen LogP contribution is 2.37. The molecule has 1 aromatic heterocycles. The molecule has 96 valence electrons. The standard InChI is InChI=1S/C12H13ClN2O3/c1-12(2,3)11-10(18)7-5(14-15-11)4-6(16)9(17)8(7)13/h4,16-17H,1-3H3,(H,14,18). The Kier molecular flexibility index (Phi) is 2.74. The number of phenols is 2. The second-order valence-corrected chi connectivity index (χ2v) is 5.51. The van der Waals surface area contributed by atoms with Crippen molar-refractivity contribution in [3.63, 3.8) is 0 Å². The number of nitrogens with one attached hydrogen (secondary N) is 1. The van der Waals surface area contributed by atoms with Crippen LogP contribution in [0.1, 0.15) is 26.5 Å². The number of benzene rings is 1. The molecule has 0 spiro atoms. The second-order valence-electron chi connectivity index (χ2n) is 5.13. The molecule has 0 bridgehead atoms. The fraction of sp³-hybridized carbons (Fsp3) is 0.333. The van der Waals surface area contributed by atoms with E-state index in [0.29, 0.717) is 5.69 Å². The number of H-pyrrole nitrogens is 1. The molecule has 0 amide bonds. The van der Waals surface area contributed by atoms with Crippen molar-refractivity contribution in [3.8, 4) is 11.5 Å². The second kappa shape index (κ2) is 3.88. The molecular formula is C12H13ClN2O3. The fourth-order valence-corrected chi connectivity index (χ4v) is 2.01. The first-order valence-electron chi connectivity index (χ1n) is 5.36. The summed E-state index contributed by atoms with van der Waals surface area (Å²) in [6.07, 6.45) is 0. The average Bonchev–Trinajstić information content (AvgIpc) is 2.24. The third-order valence-corrected chi connectivity index (χ3v) is 3.03. The van der Waals surface area contributed by atoms with Gasteiger partial charge >= 0.3 is 0 Å². The molecule has 0 aliphatic rings. The smallest absolute Gasteiger partial charge is 0.213 e. The van der Waals surface area contributed by atoms with E-state index in [1.54, 1.807) is 0 Å². The highest BCUT2D eigenvalue weighted by atomic mass is 35.5. The van der Waals surface area contributed by atoms with Crippen LogP contribution in [0.5, 0.6) is 11.5 Å². The molecule has 2 aromatic rings. The van der Waals surface area contributed by atoms with Crippen molar-refractivity contribution in [1.82, 2.24) is 10.2 Å². The fourth-order valence-electron chi connectivity index (χ4n) is 1.73. The van der Waals surface area contributed by atoms with Gasteiger partial charge in [-0.1, -0.05) is 32.4 Å². The Morgan fingerprint density at radius 1 is 1.33 bits per heavy atom. The normalized spacial score (nSPS) is 12.0. The number of aromatic hydroxyl groups is 2. The van der Waals surface area contributed by atoms with E-state index in [2.05, 4.69) is 10.2 Å². The van der Waals surface area contributed by atoms with Crippen LogP contribution in [0, 0.1) is 0 Å². The van der Waals surface area contributed by atoms with Gasteiger partial charge in [0.1, 0.15) is 5.69 Å². The van der Waals surface area contributed by atoms with E-state index in [1.807, 2.05) is 20.8 Å². The number of fused-ring (bicyclic) bond motifs is 1. The lowest BCUT2D eigenvalue weighted by Gasteiger charge is -2.17. The molecule has 0 atom stereocenters. The van der Waals surface area contributed by atoms with Gasteiger partial charge in [-0.05, 0) is 0 Å². The average molecular weight is 269 g/mol. The third kappa shape index (κ3) is 1.80. The number of hydrogen-bond acceptors (Lipinski definition) is 4. The molecule has 3 N–H and O–H groups in total. The van der Waals surface area contributed by atoms with Crippen molar-refractivity contribution in [2.45, 2.75) is 26.2 Å². The first-order valence-corrected chi connectivity index (χ1v) is 5.74. The van der Waals surface area contributed by atoms with Gasteiger partial charge in [0, 0.05) is 11.5 Å². The quantitative estimate of drug-likeness (QED) is 0.640. The Morgan fingerprint density at radius 2 is 1.94 bits per heavy atom. The number of aromatic nitrogens is 2. The summed E-state index contributed by atoms with van der Waals surface area (Å²) in [5, 5.41) is 25.6. The highest BCUT2D eigenvalue weighted by molar-refractivity contribution is 6.37. The number of rotatable bonds is 0. The van der Waals surface area contributed by atoms with Gasteiger partial charge in [0.15, 0.2) is 11.5 Å². The number of nitrogens with zero attached hydrogens (tertiary/aromatic N) is 1. The Hall–Kier alpha value is -1.75. The van der Waals surface area contributed by atoms with E-state index in [-0.39, 0.29) is 21.4 Å². The Morgan fingerprint density at radius 3 is 2.50 bits per heavy atom. The van der Waals surface area contributed by atoms with Crippen LogP contribution in [0.25, 0.3) is 10.9 Å². The monoisotopic (exact) mass is 268 g/mol. The molecule has 0 radical (unpaired) electrons. The molecular weight excluding hydrogens is 256 g/mol. The van der Waals surface area contributed by atoms with Gasteiger partial charge in [0.05, 0.1) is 15.9 Å². The van der Waals surface area contributed by atoms with Gasteiger partial charge in [-0.3, -0.25) is 9.89 Å². The van der Waals surface area contributed by atoms with Crippen LogP contribution in [0.2, 0.25) is 5.02 Å². The molecule has 6 heteroatoms. The topological polar surface area (TPSA) is 86.2 Å². The molecule has 2 rings (SSSR count). The lowest BCUT2D eigenvalue weighted by molar-refractivity contribution is 0.405. The summed E-state index contributed by atoms with van der Waals surface area (Å²) in [6, 6.07) is 1.22. The van der Waals surface area contributed by atoms with Crippen LogP contribution in [-0.2, 0) is 5.41 Å². The molecule has 1 aromatic carbocycles. The summed E-state index contributed by atoms with van der Waals surface area (Å²) in [5.41, 5.74) is -0.189. The molecule has 0 fully saturated rings. The molecule has 0 aliphatic heterocycles. The number of aromatic amines is 1. The zero-order chi connectivity index (χ0) is 13.7. The molecule has 18 heavy (non-hydrogen) atoms. The Balaban J connectivity index is 2.96. The van der Waals surface area contributed by atoms with Crippen LogP contribution in [0.3, 0.4) is 0 Å². The van der Waals surface area contributed by atoms with E-state index in [4.69, 9.17) is 11.6 Å². The lowest BCUT2D eigenvalue weighted by atomic mass is 9.91. The maximum absolute atomic E-state index is 12.3. The van der Waals surface area contributed by atoms with E-state index in [9.17, 15) is 15.0 Å². The lowest BCUT2D eigenvalue weighted by Crippen LogP contribution is -2.25. The maximum atomic E-state index is 12.3. The summed E-state index contributed by atoms with van der Waals surface area (Å²) in [6.45, 7) is 5.56. The van der Waals surface area contributed by atoms with Gasteiger partial charge in [-0.2, -0.15) is 5.10 Å². The molecule has 1 heterocycles. The Bertz CT molecular complexity index is 686. The summed E-state index contributed by atoms with van der Waals surface area (Å²) in [4.78, 5) is 12.3. The third-order valence-electron chi connectivity index (χ3n) is 2.66. The summed E-state index contributed by atoms with van der Waals surface area (Å²) in [5.74, 6) is -0.894. The summed E-state index contributed by atoms with van der Waals surface area (Å²) < 4.78 is 0. The van der Waals surface area contributed by atoms with Crippen molar-refractivity contribution in [1.29, 1.82) is 0 Å². The first-order chi connectivity index (χ1) is 8.23. The number of halogens is 1. The minimum absolute atomic E-state index is 0.131. The van der Waals surface area contributed by atoms with E-state index >= 15 is 0 Å². The minimum Gasteiger partial charge on any atom is -0.504 e. The van der Waals surface area contributed by atoms with Crippen molar-refractivity contribution in [2.24, 2.45) is 0 Å². The van der Waals surface area contributed by atoms with Gasteiger partial charge < -0.3 is 10.2 Å². The highest BCUT2D eigenvalue weighted by Gasteiger charge is 2.23. The molecule has 0 saturated carbocycles. The molecule has 5 nitrogen and oxygen atoms in total. The van der Waals surface area contributed by atoms with Gasteiger partial charge in [0.2, 0.25) is 5.43 Å². The first kappa shape index (κ1) is 12.7. The minimum atomic E-state index is -0.499. The van der Waals surface area contributed by atoms with Crippen LogP contribution >= 0.6 is 11.6 Å². The van der Waals surface area contributed by atoms with Gasteiger partial charge in [-0.15, -0.1) is 0 Å². The maximum Gasteiger partial charge on any atom is 0.213 e. The van der Waals surface area contributed by atoms with Crippen LogP contribution in [0.15, 0.2) is 10.9 Å². The SMILES string of the molecule is CC(C)(C)c1n[nH]c2cc(O)c(O)c(Cl)c2c1=O. The summed E-state index contributed by atoms with van der Waals surface area (Å²) >= 11 is 5.90. The predicted molar refractivity (Wildman–Crippen MR) is 69.4 cm³/mol. The van der Waals surface area contributed by atoms with E-state index in [1.165, 1.54) is 6.07 Å². The molecule has 0 saturated heterocycles. The van der Waals surface area contributed by atoms with E-state index in [0.717, 1.165) is 0 Å². The van der Waals surface area contributed by atoms with Crippen molar-refractivity contribution in [2.75, 3.05) is 0 Å². The zero-order valence-corrected chi connectivity index (χ0v) is 11.0.